The molecular formula is C39H60O9Si2. The van der Waals surface area contributed by atoms with Crippen molar-refractivity contribution in [3.8, 4) is 0 Å². The molecule has 1 aromatic rings. The molecule has 5 rings (SSSR count). The summed E-state index contributed by atoms with van der Waals surface area (Å²) in [4.78, 5) is 44.5. The molecule has 1 heterocycles. The molecule has 2 saturated carbocycles. The molecule has 2 unspecified atom stereocenters. The highest BCUT2D eigenvalue weighted by molar-refractivity contribution is 6.74. The Morgan fingerprint density at radius 2 is 1.42 bits per heavy atom. The molecule has 0 aromatic heterocycles. The Kier molecular flexibility index (Phi) is 10.8. The van der Waals surface area contributed by atoms with Crippen molar-refractivity contribution < 1.29 is 42.9 Å². The highest BCUT2D eigenvalue weighted by Crippen LogP contribution is 2.63. The van der Waals surface area contributed by atoms with Crippen molar-refractivity contribution in [3.63, 3.8) is 0 Å². The topological polar surface area (TPSA) is 129 Å². The van der Waals surface area contributed by atoms with Gasteiger partial charge in [-0.25, -0.2) is 4.79 Å². The van der Waals surface area contributed by atoms with Gasteiger partial charge in [-0.1, -0.05) is 73.6 Å². The van der Waals surface area contributed by atoms with Gasteiger partial charge in [0, 0.05) is 29.7 Å². The summed E-state index contributed by atoms with van der Waals surface area (Å²) in [6.45, 7) is 19.6. The Morgan fingerprint density at radius 1 is 0.880 bits per heavy atom. The van der Waals surface area contributed by atoms with Crippen LogP contribution in [0.5, 0.6) is 0 Å². The van der Waals surface area contributed by atoms with Gasteiger partial charge in [0.2, 0.25) is 11.6 Å². The largest absolute Gasteiger partial charge is 0.455 e. The third kappa shape index (κ3) is 5.69. The standard InChI is InChI=1S/C39H60O9Si2/c1-11-49(12-2,13-3)47-27-23-39(44)34(46-35(42)26-20-18-17-19-21-26)32-37(10,33(41)31(40)30(25(27)7)36(39,8)9)28(22-29-38(32,43)24-45-29)48-50(14-4,15-5)16-6/h17-21,27-29,32,34,43-44H,11-16,22-24H2,1-10H3/t27?,28?,29-,32+,34+,37-,38+,39-/m1/s1. The zero-order valence-electron chi connectivity index (χ0n) is 31.9. The lowest BCUT2D eigenvalue weighted by Crippen LogP contribution is -2.81. The van der Waals surface area contributed by atoms with E-state index < -0.39 is 86.5 Å². The second kappa shape index (κ2) is 13.8. The zero-order chi connectivity index (χ0) is 37.1. The highest BCUT2D eigenvalue weighted by Gasteiger charge is 2.77. The first kappa shape index (κ1) is 39.2. The number of esters is 1. The number of fused-ring (bicyclic) bond motifs is 5. The van der Waals surface area contributed by atoms with Crippen LogP contribution in [0.25, 0.3) is 0 Å². The third-order valence-electron chi connectivity index (χ3n) is 14.0. The molecule has 3 aliphatic carbocycles. The fourth-order valence-corrected chi connectivity index (χ4v) is 15.7. The fourth-order valence-electron chi connectivity index (χ4n) is 9.91. The third-order valence-corrected chi connectivity index (χ3v) is 23.3. The van der Waals surface area contributed by atoms with Crippen LogP contribution in [0.4, 0.5) is 0 Å². The van der Waals surface area contributed by atoms with Crippen molar-refractivity contribution >= 4 is 34.2 Å². The maximum atomic E-state index is 15.3. The number of benzene rings is 1. The lowest BCUT2D eigenvalue weighted by Gasteiger charge is -2.67. The first-order valence-electron chi connectivity index (χ1n) is 18.9. The fraction of sp³-hybridized carbons (Fsp3) is 0.718. The molecule has 4 aliphatic rings. The van der Waals surface area contributed by atoms with E-state index in [0.717, 1.165) is 36.3 Å². The summed E-state index contributed by atoms with van der Waals surface area (Å²) in [6.07, 6.45) is -3.42. The number of ether oxygens (including phenoxy) is 2. The molecule has 9 nitrogen and oxygen atoms in total. The Bertz CT molecular complexity index is 1490. The zero-order valence-corrected chi connectivity index (χ0v) is 33.9. The average Bonchev–Trinajstić information content (AvgIpc) is 3.11. The highest BCUT2D eigenvalue weighted by atomic mass is 28.4. The Hall–Kier alpha value is -2.00. The minimum Gasteiger partial charge on any atom is -0.455 e. The van der Waals surface area contributed by atoms with Crippen molar-refractivity contribution in [2.45, 2.75) is 154 Å². The van der Waals surface area contributed by atoms with E-state index in [4.69, 9.17) is 18.3 Å². The van der Waals surface area contributed by atoms with Crippen LogP contribution in [-0.4, -0.2) is 86.6 Å². The molecule has 0 radical (unpaired) electrons. The van der Waals surface area contributed by atoms with Crippen molar-refractivity contribution in [3.05, 3.63) is 47.0 Å². The van der Waals surface area contributed by atoms with Crippen molar-refractivity contribution in [1.82, 2.24) is 0 Å². The van der Waals surface area contributed by atoms with Gasteiger partial charge in [0.25, 0.3) is 0 Å². The summed E-state index contributed by atoms with van der Waals surface area (Å²) in [7, 11) is -4.72. The van der Waals surface area contributed by atoms with E-state index in [9.17, 15) is 15.0 Å². The minimum absolute atomic E-state index is 0.0234. The second-order valence-corrected chi connectivity index (χ2v) is 25.6. The number of ketones is 2. The maximum Gasteiger partial charge on any atom is 0.338 e. The van der Waals surface area contributed by atoms with Gasteiger partial charge in [-0.15, -0.1) is 0 Å². The predicted molar refractivity (Wildman–Crippen MR) is 197 cm³/mol. The van der Waals surface area contributed by atoms with Gasteiger partial charge < -0.3 is 28.5 Å². The molecule has 1 aromatic carbocycles. The van der Waals surface area contributed by atoms with Gasteiger partial charge in [0.1, 0.15) is 17.3 Å². The first-order chi connectivity index (χ1) is 23.4. The summed E-state index contributed by atoms with van der Waals surface area (Å²) in [5.74, 6) is -3.28. The number of hydrogen-bond acceptors (Lipinski definition) is 9. The van der Waals surface area contributed by atoms with Gasteiger partial charge in [-0.05, 0) is 67.8 Å². The molecular weight excluding hydrogens is 669 g/mol. The van der Waals surface area contributed by atoms with Crippen LogP contribution in [0.1, 0.15) is 92.4 Å². The van der Waals surface area contributed by atoms with E-state index in [-0.39, 0.29) is 30.6 Å². The minimum atomic E-state index is -2.41. The molecule has 11 heteroatoms. The van der Waals surface area contributed by atoms with E-state index in [1.165, 1.54) is 0 Å². The lowest BCUT2D eigenvalue weighted by atomic mass is 9.45. The SMILES string of the molecule is CC[Si](CC)(CC)OC1C[C@@]2(O)[C@@H](OC(=O)c3ccccc3)[C@@H]3[C@]4(O)CO[C@@H]4CC(O[Si](CC)(CC)CC)[C@@]3(C)C(=O)C(=O)C(=C1C)C2(C)C. The predicted octanol–water partition coefficient (Wildman–Crippen LogP) is 6.78. The molecule has 8 atom stereocenters. The van der Waals surface area contributed by atoms with Crippen LogP contribution in [0.15, 0.2) is 41.5 Å². The van der Waals surface area contributed by atoms with E-state index in [0.29, 0.717) is 5.57 Å². The van der Waals surface area contributed by atoms with E-state index in [2.05, 4.69) is 41.5 Å². The number of Topliss-reactive ketones (excluding diaryl/α,β-unsaturated/α-hetero) is 2. The molecule has 2 N–H and O–H groups in total. The molecule has 0 spiro atoms. The maximum absolute atomic E-state index is 15.3. The van der Waals surface area contributed by atoms with Gasteiger partial charge in [0.15, 0.2) is 16.6 Å². The normalized spacial score (nSPS) is 35.4. The second-order valence-electron chi connectivity index (χ2n) is 16.1. The molecule has 50 heavy (non-hydrogen) atoms. The van der Waals surface area contributed by atoms with Gasteiger partial charge in [-0.3, -0.25) is 9.59 Å². The summed E-state index contributed by atoms with van der Waals surface area (Å²) in [6, 6.07) is 13.5. The van der Waals surface area contributed by atoms with Crippen LogP contribution >= 0.6 is 0 Å². The Morgan fingerprint density at radius 3 is 1.92 bits per heavy atom. The average molecular weight is 729 g/mol. The molecule has 2 bridgehead atoms. The molecule has 1 saturated heterocycles. The van der Waals surface area contributed by atoms with Gasteiger partial charge in [0.05, 0.1) is 35.9 Å². The summed E-state index contributed by atoms with van der Waals surface area (Å²) < 4.78 is 26.7. The van der Waals surface area contributed by atoms with Crippen LogP contribution in [0.3, 0.4) is 0 Å². The lowest BCUT2D eigenvalue weighted by molar-refractivity contribution is -0.340. The number of hydrogen-bond donors (Lipinski definition) is 2. The number of rotatable bonds is 12. The van der Waals surface area contributed by atoms with E-state index >= 15 is 9.59 Å². The summed E-state index contributed by atoms with van der Waals surface area (Å²) in [5, 5.41) is 26.2. The van der Waals surface area contributed by atoms with Crippen LogP contribution in [-0.2, 0) is 27.9 Å². The van der Waals surface area contributed by atoms with Crippen LogP contribution < -0.4 is 0 Å². The molecule has 0 amide bonds. The Balaban J connectivity index is 1.81. The van der Waals surface area contributed by atoms with E-state index in [1.54, 1.807) is 51.1 Å². The number of carbonyl (C=O) groups is 3. The molecule has 1 aliphatic heterocycles. The van der Waals surface area contributed by atoms with Crippen LogP contribution in [0, 0.1) is 16.7 Å². The van der Waals surface area contributed by atoms with Crippen LogP contribution in [0.2, 0.25) is 36.3 Å². The quantitative estimate of drug-likeness (QED) is 0.136. The first-order valence-corrected chi connectivity index (χ1v) is 24.0. The van der Waals surface area contributed by atoms with Crippen molar-refractivity contribution in [1.29, 1.82) is 0 Å². The molecule has 278 valence electrons. The number of aliphatic hydroxyl groups is 2. The van der Waals surface area contributed by atoms with Crippen molar-refractivity contribution in [2.75, 3.05) is 6.61 Å². The van der Waals surface area contributed by atoms with Gasteiger partial charge >= 0.3 is 5.97 Å². The van der Waals surface area contributed by atoms with Crippen molar-refractivity contribution in [2.24, 2.45) is 16.7 Å². The molecule has 3 fully saturated rings. The monoisotopic (exact) mass is 728 g/mol. The number of carbonyl (C=O) groups excluding carboxylic acids is 3. The Labute approximate surface area is 300 Å². The smallest absolute Gasteiger partial charge is 0.338 e. The van der Waals surface area contributed by atoms with Gasteiger partial charge in [-0.2, -0.15) is 0 Å². The summed E-state index contributed by atoms with van der Waals surface area (Å²) in [5.41, 5.74) is -5.50. The summed E-state index contributed by atoms with van der Waals surface area (Å²) >= 11 is 0. The van der Waals surface area contributed by atoms with E-state index in [1.807, 2.05) is 6.92 Å².